The minimum absolute atomic E-state index is 0.162. The summed E-state index contributed by atoms with van der Waals surface area (Å²) in [4.78, 5) is 10.4. The number of nitrogens with one attached hydrogen (secondary N) is 2. The highest BCUT2D eigenvalue weighted by Gasteiger charge is 2.23. The Morgan fingerprint density at radius 2 is 1.66 bits per heavy atom. The molecule has 2 N–H and O–H groups in total. The lowest BCUT2D eigenvalue weighted by Gasteiger charge is -2.38. The topological polar surface area (TPSA) is 96.5 Å². The molecule has 0 bridgehead atoms. The quantitative estimate of drug-likeness (QED) is 0.592. The van der Waals surface area contributed by atoms with Crippen LogP contribution in [0.2, 0.25) is 0 Å². The number of hydrogen-bond donors (Lipinski definition) is 2. The van der Waals surface area contributed by atoms with Crippen molar-refractivity contribution in [1.82, 2.24) is 15.3 Å². The molecule has 2 aromatic carbocycles. The molecule has 1 saturated heterocycles. The molecule has 8 nitrogen and oxygen atoms in total. The molecule has 3 aromatic rings. The summed E-state index contributed by atoms with van der Waals surface area (Å²) in [6.07, 6.45) is 4.82. The number of ether oxygens (including phenoxy) is 1. The molecule has 0 spiro atoms. The van der Waals surface area contributed by atoms with E-state index in [0.29, 0.717) is 23.5 Å². The molecular weight excluding hydrogens is 426 g/mol. The van der Waals surface area contributed by atoms with E-state index in [4.69, 9.17) is 4.74 Å². The van der Waals surface area contributed by atoms with Gasteiger partial charge in [0.05, 0.1) is 17.7 Å². The lowest BCUT2D eigenvalue weighted by Crippen LogP contribution is -2.54. The number of benzene rings is 2. The molecule has 1 aliphatic rings. The SMILES string of the molecule is COc1ccc(N2C[C@@H](C)N[C@@H](C)C2)cc1NS(=O)(=O)c1ccc(-c2cncnc2)cc1. The van der Waals surface area contributed by atoms with Gasteiger partial charge in [-0.25, -0.2) is 18.4 Å². The van der Waals surface area contributed by atoms with E-state index in [9.17, 15) is 8.42 Å². The highest BCUT2D eigenvalue weighted by molar-refractivity contribution is 7.92. The van der Waals surface area contributed by atoms with Crippen molar-refractivity contribution in [3.63, 3.8) is 0 Å². The average molecular weight is 454 g/mol. The van der Waals surface area contributed by atoms with Gasteiger partial charge in [0.1, 0.15) is 12.1 Å². The summed E-state index contributed by atoms with van der Waals surface area (Å²) in [5.41, 5.74) is 3.01. The van der Waals surface area contributed by atoms with Gasteiger partial charge in [-0.15, -0.1) is 0 Å². The first-order valence-corrected chi connectivity index (χ1v) is 11.9. The van der Waals surface area contributed by atoms with Crippen molar-refractivity contribution < 1.29 is 13.2 Å². The van der Waals surface area contributed by atoms with Gasteiger partial charge < -0.3 is 15.0 Å². The van der Waals surface area contributed by atoms with E-state index >= 15 is 0 Å². The van der Waals surface area contributed by atoms with Crippen molar-refractivity contribution in [2.45, 2.75) is 30.8 Å². The van der Waals surface area contributed by atoms with E-state index < -0.39 is 10.0 Å². The van der Waals surface area contributed by atoms with E-state index in [1.54, 1.807) is 42.7 Å². The van der Waals surface area contributed by atoms with Crippen molar-refractivity contribution in [2.24, 2.45) is 0 Å². The van der Waals surface area contributed by atoms with Gasteiger partial charge in [-0.1, -0.05) is 12.1 Å². The molecular formula is C23H27N5O3S. The van der Waals surface area contributed by atoms with Crippen LogP contribution in [-0.2, 0) is 10.0 Å². The third-order valence-corrected chi connectivity index (χ3v) is 6.79. The van der Waals surface area contributed by atoms with Gasteiger partial charge in [0.15, 0.2) is 0 Å². The Bertz CT molecular complexity index is 1160. The van der Waals surface area contributed by atoms with Gasteiger partial charge in [0, 0.05) is 48.8 Å². The highest BCUT2D eigenvalue weighted by atomic mass is 32.2. The predicted octanol–water partition coefficient (Wildman–Crippen LogP) is 3.14. The first kappa shape index (κ1) is 22.0. The summed E-state index contributed by atoms with van der Waals surface area (Å²) in [5.74, 6) is 0.464. The molecule has 0 unspecified atom stereocenters. The fraction of sp³-hybridized carbons (Fsp3) is 0.304. The summed E-state index contributed by atoms with van der Waals surface area (Å²) < 4.78 is 34.3. The van der Waals surface area contributed by atoms with Crippen molar-refractivity contribution in [2.75, 3.05) is 29.8 Å². The fourth-order valence-corrected chi connectivity index (χ4v) is 5.05. The summed E-state index contributed by atoms with van der Waals surface area (Å²) in [6, 6.07) is 12.9. The minimum Gasteiger partial charge on any atom is -0.495 e. The first-order chi connectivity index (χ1) is 15.4. The first-order valence-electron chi connectivity index (χ1n) is 10.4. The maximum Gasteiger partial charge on any atom is 0.262 e. The van der Waals surface area contributed by atoms with Crippen LogP contribution in [0.25, 0.3) is 11.1 Å². The molecule has 2 atom stereocenters. The van der Waals surface area contributed by atoms with Crippen molar-refractivity contribution in [3.8, 4) is 16.9 Å². The lowest BCUT2D eigenvalue weighted by atomic mass is 10.1. The van der Waals surface area contributed by atoms with Gasteiger partial charge in [-0.05, 0) is 49.7 Å². The van der Waals surface area contributed by atoms with Gasteiger partial charge in [-0.2, -0.15) is 0 Å². The number of methoxy groups -OCH3 is 1. The summed E-state index contributed by atoms with van der Waals surface area (Å²) in [5, 5.41) is 3.51. The zero-order chi connectivity index (χ0) is 22.7. The number of nitrogens with zero attached hydrogens (tertiary/aromatic N) is 3. The summed E-state index contributed by atoms with van der Waals surface area (Å²) in [7, 11) is -2.28. The maximum absolute atomic E-state index is 13.1. The van der Waals surface area contributed by atoms with Gasteiger partial charge in [0.2, 0.25) is 0 Å². The Kier molecular flexibility index (Phi) is 6.29. The third kappa shape index (κ3) is 4.84. The second-order valence-corrected chi connectivity index (χ2v) is 9.70. The number of sulfonamides is 1. The van der Waals surface area contributed by atoms with Crippen LogP contribution in [0.3, 0.4) is 0 Å². The summed E-state index contributed by atoms with van der Waals surface area (Å²) >= 11 is 0. The van der Waals surface area contributed by atoms with E-state index in [1.165, 1.54) is 13.4 Å². The normalized spacial score (nSPS) is 18.9. The molecule has 32 heavy (non-hydrogen) atoms. The molecule has 4 rings (SSSR count). The van der Waals surface area contributed by atoms with Crippen LogP contribution in [-0.4, -0.2) is 50.7 Å². The number of aromatic nitrogens is 2. The van der Waals surface area contributed by atoms with Gasteiger partial charge in [-0.3, -0.25) is 4.72 Å². The highest BCUT2D eigenvalue weighted by Crippen LogP contribution is 2.32. The third-order valence-electron chi connectivity index (χ3n) is 5.41. The number of rotatable bonds is 6. The molecule has 1 fully saturated rings. The molecule has 1 aliphatic heterocycles. The molecule has 0 amide bonds. The second-order valence-electron chi connectivity index (χ2n) is 8.02. The van der Waals surface area contributed by atoms with Crippen LogP contribution < -0.4 is 19.7 Å². The van der Waals surface area contributed by atoms with Crippen molar-refractivity contribution in [3.05, 3.63) is 61.2 Å². The van der Waals surface area contributed by atoms with Crippen molar-refractivity contribution in [1.29, 1.82) is 0 Å². The van der Waals surface area contributed by atoms with Crippen LogP contribution in [0.4, 0.5) is 11.4 Å². The van der Waals surface area contributed by atoms with Crippen LogP contribution in [0.15, 0.2) is 66.1 Å². The molecule has 0 radical (unpaired) electrons. The zero-order valence-electron chi connectivity index (χ0n) is 18.3. The van der Waals surface area contributed by atoms with Crippen molar-refractivity contribution >= 4 is 21.4 Å². The largest absolute Gasteiger partial charge is 0.495 e. The molecule has 0 saturated carbocycles. The Morgan fingerprint density at radius 1 is 1.00 bits per heavy atom. The zero-order valence-corrected chi connectivity index (χ0v) is 19.1. The fourth-order valence-electron chi connectivity index (χ4n) is 3.99. The Hall–Kier alpha value is -3.17. The second kappa shape index (κ2) is 9.13. The molecule has 2 heterocycles. The minimum atomic E-state index is -3.81. The molecule has 0 aliphatic carbocycles. The average Bonchev–Trinajstić information content (AvgIpc) is 2.79. The maximum atomic E-state index is 13.1. The van der Waals surface area contributed by atoms with E-state index in [1.807, 2.05) is 12.1 Å². The lowest BCUT2D eigenvalue weighted by molar-refractivity contribution is 0.406. The Labute approximate surface area is 188 Å². The number of anilines is 2. The Balaban J connectivity index is 1.59. The smallest absolute Gasteiger partial charge is 0.262 e. The number of piperazine rings is 1. The monoisotopic (exact) mass is 453 g/mol. The predicted molar refractivity (Wildman–Crippen MR) is 126 cm³/mol. The van der Waals surface area contributed by atoms with E-state index in [-0.39, 0.29) is 4.90 Å². The summed E-state index contributed by atoms with van der Waals surface area (Å²) in [6.45, 7) is 5.96. The molecule has 168 valence electrons. The van der Waals surface area contributed by atoms with Gasteiger partial charge in [0.25, 0.3) is 10.0 Å². The standard InChI is InChI=1S/C23H27N5O3S/c1-16-13-28(14-17(2)26-16)20-6-9-23(31-3)22(10-20)27-32(29,30)21-7-4-18(5-8-21)19-11-24-15-25-12-19/h4-12,15-17,26-27H,13-14H2,1-3H3/t16-,17+. The molecule has 1 aromatic heterocycles. The van der Waals surface area contributed by atoms with Crippen LogP contribution in [0, 0.1) is 0 Å². The van der Waals surface area contributed by atoms with Gasteiger partial charge >= 0.3 is 0 Å². The van der Waals surface area contributed by atoms with E-state index in [0.717, 1.165) is 29.9 Å². The van der Waals surface area contributed by atoms with E-state index in [2.05, 4.69) is 38.8 Å². The number of hydrogen-bond acceptors (Lipinski definition) is 7. The van der Waals surface area contributed by atoms with Crippen LogP contribution >= 0.6 is 0 Å². The molecule has 9 heteroatoms. The Morgan fingerprint density at radius 3 is 2.28 bits per heavy atom. The van der Waals surface area contributed by atoms with Crippen LogP contribution in [0.1, 0.15) is 13.8 Å². The van der Waals surface area contributed by atoms with Crippen LogP contribution in [0.5, 0.6) is 5.75 Å².